The highest BCUT2D eigenvalue weighted by Gasteiger charge is 2.21. The van der Waals surface area contributed by atoms with Crippen LogP contribution in [0.2, 0.25) is 0 Å². The van der Waals surface area contributed by atoms with Crippen LogP contribution in [0.4, 0.5) is 0 Å². The van der Waals surface area contributed by atoms with Crippen molar-refractivity contribution in [1.29, 1.82) is 0 Å². The molecule has 1 aliphatic rings. The molecule has 1 amide bonds. The van der Waals surface area contributed by atoms with E-state index in [4.69, 9.17) is 4.52 Å². The summed E-state index contributed by atoms with van der Waals surface area (Å²) in [6.07, 6.45) is 4.00. The third-order valence-corrected chi connectivity index (χ3v) is 5.97. The topological polar surface area (TPSA) is 71.3 Å². The largest absolute Gasteiger partial charge is 0.361 e. The molecule has 0 saturated carbocycles. The Hall–Kier alpha value is -1.86. The van der Waals surface area contributed by atoms with Crippen LogP contribution in [-0.2, 0) is 5.75 Å². The number of amides is 1. The number of nitrogens with zero attached hydrogens (tertiary/aromatic N) is 3. The Morgan fingerprint density at radius 1 is 1.36 bits per heavy atom. The normalized spacial score (nSPS) is 20.2. The van der Waals surface area contributed by atoms with Gasteiger partial charge in [-0.2, -0.15) is 0 Å². The molecule has 0 aliphatic carbocycles. The smallest absolute Gasteiger partial charge is 0.254 e. The molecule has 1 aliphatic heterocycles. The zero-order chi connectivity index (χ0) is 19.9. The van der Waals surface area contributed by atoms with E-state index < -0.39 is 0 Å². The number of nitrogens with one attached hydrogen (secondary N) is 1. The second-order valence-corrected chi connectivity index (χ2v) is 8.85. The number of aryl methyl sites for hydroxylation is 1. The fourth-order valence-corrected chi connectivity index (χ4v) is 4.75. The molecule has 152 valence electrons. The summed E-state index contributed by atoms with van der Waals surface area (Å²) in [6, 6.07) is 5.53. The molecule has 0 spiro atoms. The van der Waals surface area contributed by atoms with Crippen molar-refractivity contribution < 1.29 is 9.32 Å². The van der Waals surface area contributed by atoms with Crippen molar-refractivity contribution in [2.45, 2.75) is 44.4 Å². The minimum Gasteiger partial charge on any atom is -0.361 e. The maximum absolute atomic E-state index is 12.6. The number of carbonyl (C=O) groups excluding carboxylic acids is 1. The van der Waals surface area contributed by atoms with Crippen LogP contribution in [0, 0.1) is 18.8 Å². The van der Waals surface area contributed by atoms with Crippen LogP contribution in [0.1, 0.15) is 48.5 Å². The Morgan fingerprint density at radius 2 is 2.14 bits per heavy atom. The quantitative estimate of drug-likeness (QED) is 0.535. The number of hydrogen-bond acceptors (Lipinski definition) is 6. The molecular formula is C21H30N4O2S. The molecule has 6 nitrogen and oxygen atoms in total. The summed E-state index contributed by atoms with van der Waals surface area (Å²) >= 11 is 1.50. The van der Waals surface area contributed by atoms with Gasteiger partial charge in [-0.3, -0.25) is 4.79 Å². The van der Waals surface area contributed by atoms with Gasteiger partial charge in [-0.15, -0.1) is 0 Å². The van der Waals surface area contributed by atoms with E-state index in [1.807, 2.05) is 19.1 Å². The fourth-order valence-electron chi connectivity index (χ4n) is 3.88. The summed E-state index contributed by atoms with van der Waals surface area (Å²) < 4.78 is 5.09. The van der Waals surface area contributed by atoms with E-state index in [2.05, 4.69) is 34.2 Å². The standard InChI is InChI=1S/C21H30N4O2S/c1-15-10-16(2)13-25(12-15)9-5-8-22-20(26)19-6-4-7-23-21(19)28-14-18-11-17(3)27-24-18/h4,6-7,11,15-16H,5,8-10,12-14H2,1-3H3,(H,22,26)/t15-,16+. The molecule has 0 unspecified atom stereocenters. The highest BCUT2D eigenvalue weighted by Crippen LogP contribution is 2.24. The third-order valence-electron chi connectivity index (χ3n) is 4.93. The van der Waals surface area contributed by atoms with Crippen LogP contribution in [0.25, 0.3) is 0 Å². The van der Waals surface area contributed by atoms with Gasteiger partial charge in [0, 0.05) is 37.7 Å². The third kappa shape index (κ3) is 6.07. The number of hydrogen-bond donors (Lipinski definition) is 1. The molecule has 2 atom stereocenters. The van der Waals surface area contributed by atoms with Crippen molar-refractivity contribution in [1.82, 2.24) is 20.4 Å². The maximum atomic E-state index is 12.6. The maximum Gasteiger partial charge on any atom is 0.254 e. The summed E-state index contributed by atoms with van der Waals surface area (Å²) in [7, 11) is 0. The van der Waals surface area contributed by atoms with Gasteiger partial charge in [0.2, 0.25) is 0 Å². The molecule has 3 heterocycles. The summed E-state index contributed by atoms with van der Waals surface area (Å²) in [5.41, 5.74) is 1.47. The Labute approximate surface area is 171 Å². The van der Waals surface area contributed by atoms with E-state index in [0.29, 0.717) is 17.9 Å². The highest BCUT2D eigenvalue weighted by molar-refractivity contribution is 7.98. The van der Waals surface area contributed by atoms with Gasteiger partial charge in [-0.1, -0.05) is 30.8 Å². The minimum absolute atomic E-state index is 0.0627. The van der Waals surface area contributed by atoms with Crippen molar-refractivity contribution in [3.05, 3.63) is 41.4 Å². The first kappa shape index (κ1) is 20.9. The SMILES string of the molecule is Cc1cc(CSc2ncccc2C(=O)NCCCN2C[C@H](C)C[C@H](C)C2)no1. The van der Waals surface area contributed by atoms with Crippen molar-refractivity contribution in [3.8, 4) is 0 Å². The predicted molar refractivity (Wildman–Crippen MR) is 111 cm³/mol. The molecule has 7 heteroatoms. The number of rotatable bonds is 8. The molecule has 0 bridgehead atoms. The van der Waals surface area contributed by atoms with Gasteiger partial charge < -0.3 is 14.7 Å². The summed E-state index contributed by atoms with van der Waals surface area (Å²) in [5, 5.41) is 7.76. The molecule has 1 saturated heterocycles. The van der Waals surface area contributed by atoms with Crippen LogP contribution in [-0.4, -0.2) is 47.1 Å². The summed E-state index contributed by atoms with van der Waals surface area (Å²) in [5.74, 6) is 2.88. The first-order valence-electron chi connectivity index (χ1n) is 10.0. The number of likely N-dealkylation sites (tertiary alicyclic amines) is 1. The lowest BCUT2D eigenvalue weighted by Gasteiger charge is -2.34. The van der Waals surface area contributed by atoms with Crippen LogP contribution in [0.5, 0.6) is 0 Å². The van der Waals surface area contributed by atoms with Crippen molar-refractivity contribution in [2.24, 2.45) is 11.8 Å². The molecule has 3 rings (SSSR count). The average molecular weight is 403 g/mol. The number of piperidine rings is 1. The number of aromatic nitrogens is 2. The Morgan fingerprint density at radius 3 is 2.86 bits per heavy atom. The predicted octanol–water partition coefficient (Wildman–Crippen LogP) is 3.77. The molecule has 2 aromatic rings. The minimum atomic E-state index is -0.0627. The van der Waals surface area contributed by atoms with Crippen LogP contribution >= 0.6 is 11.8 Å². The van der Waals surface area contributed by atoms with E-state index in [1.165, 1.54) is 31.3 Å². The van der Waals surface area contributed by atoms with Crippen LogP contribution in [0.15, 0.2) is 33.9 Å². The Balaban J connectivity index is 1.46. The molecule has 0 radical (unpaired) electrons. The lowest BCUT2D eigenvalue weighted by Crippen LogP contribution is -2.40. The van der Waals surface area contributed by atoms with E-state index in [-0.39, 0.29) is 5.91 Å². The first-order chi connectivity index (χ1) is 13.5. The van der Waals surface area contributed by atoms with Gasteiger partial charge in [0.15, 0.2) is 0 Å². The van der Waals surface area contributed by atoms with Crippen molar-refractivity contribution in [2.75, 3.05) is 26.2 Å². The first-order valence-corrected chi connectivity index (χ1v) is 11.0. The lowest BCUT2D eigenvalue weighted by molar-refractivity contribution is 0.0943. The fraction of sp³-hybridized carbons (Fsp3) is 0.571. The van der Waals surface area contributed by atoms with E-state index >= 15 is 0 Å². The van der Waals surface area contributed by atoms with Crippen molar-refractivity contribution >= 4 is 17.7 Å². The Bertz CT molecular complexity index is 769. The molecule has 1 fully saturated rings. The number of thioether (sulfide) groups is 1. The summed E-state index contributed by atoms with van der Waals surface area (Å²) in [6.45, 7) is 10.6. The number of carbonyl (C=O) groups is 1. The molecule has 1 N–H and O–H groups in total. The van der Waals surface area contributed by atoms with Crippen LogP contribution in [0.3, 0.4) is 0 Å². The summed E-state index contributed by atoms with van der Waals surface area (Å²) in [4.78, 5) is 19.5. The van der Waals surface area contributed by atoms with E-state index in [9.17, 15) is 4.79 Å². The van der Waals surface area contributed by atoms with Gasteiger partial charge in [0.25, 0.3) is 5.91 Å². The number of pyridine rings is 1. The molecule has 2 aromatic heterocycles. The monoisotopic (exact) mass is 402 g/mol. The molecule has 0 aromatic carbocycles. The van der Waals surface area contributed by atoms with Crippen LogP contribution < -0.4 is 5.32 Å². The van der Waals surface area contributed by atoms with E-state index in [0.717, 1.165) is 41.3 Å². The lowest BCUT2D eigenvalue weighted by atomic mass is 9.92. The van der Waals surface area contributed by atoms with Gasteiger partial charge in [0.05, 0.1) is 11.3 Å². The van der Waals surface area contributed by atoms with Gasteiger partial charge in [0.1, 0.15) is 10.8 Å². The zero-order valence-electron chi connectivity index (χ0n) is 17.0. The second-order valence-electron chi connectivity index (χ2n) is 7.89. The average Bonchev–Trinajstić information content (AvgIpc) is 3.08. The van der Waals surface area contributed by atoms with Gasteiger partial charge in [-0.25, -0.2) is 4.98 Å². The molecular weight excluding hydrogens is 372 g/mol. The highest BCUT2D eigenvalue weighted by atomic mass is 32.2. The van der Waals surface area contributed by atoms with E-state index in [1.54, 1.807) is 12.3 Å². The Kier molecular flexibility index (Phi) is 7.50. The molecule has 28 heavy (non-hydrogen) atoms. The van der Waals surface area contributed by atoms with Gasteiger partial charge in [-0.05, 0) is 50.3 Å². The second kappa shape index (κ2) is 10.1. The van der Waals surface area contributed by atoms with Crippen molar-refractivity contribution in [3.63, 3.8) is 0 Å². The zero-order valence-corrected chi connectivity index (χ0v) is 17.8. The van der Waals surface area contributed by atoms with Gasteiger partial charge >= 0.3 is 0 Å².